The van der Waals surface area contributed by atoms with Crippen molar-refractivity contribution < 1.29 is 9.53 Å². The number of carbonyl (C=O) groups is 1. The number of tetrazole rings is 1. The van der Waals surface area contributed by atoms with Gasteiger partial charge in [0.15, 0.2) is 5.06 Å². The first kappa shape index (κ1) is 22.2. The molecule has 1 aliphatic heterocycles. The molecule has 1 aliphatic rings. The number of hydrogen-bond acceptors (Lipinski definition) is 8. The second-order valence-corrected chi connectivity index (χ2v) is 9.62. The van der Waals surface area contributed by atoms with Crippen molar-refractivity contribution in [2.75, 3.05) is 0 Å². The number of imidazole rings is 1. The lowest BCUT2D eigenvalue weighted by molar-refractivity contribution is 0.212. The van der Waals surface area contributed by atoms with E-state index in [1.54, 1.807) is 35.0 Å². The summed E-state index contributed by atoms with van der Waals surface area (Å²) in [4.78, 5) is 33.0. The Balaban J connectivity index is 1.34. The van der Waals surface area contributed by atoms with Crippen LogP contribution in [0.25, 0.3) is 27.4 Å². The Hall–Kier alpha value is -4.29. The molecule has 1 amide bonds. The predicted molar refractivity (Wildman–Crippen MR) is 132 cm³/mol. The highest BCUT2D eigenvalue weighted by molar-refractivity contribution is 7.17. The van der Waals surface area contributed by atoms with Crippen LogP contribution in [-0.2, 0) is 6.42 Å². The summed E-state index contributed by atoms with van der Waals surface area (Å²) in [5, 5.41) is 12.3. The Morgan fingerprint density at radius 3 is 2.92 bits per heavy atom. The van der Waals surface area contributed by atoms with Crippen molar-refractivity contribution in [3.8, 4) is 32.4 Å². The number of nitrogens with zero attached hydrogens (tertiary/aromatic N) is 6. The molecule has 1 unspecified atom stereocenters. The Bertz CT molecular complexity index is 1660. The smallest absolute Gasteiger partial charge is 0.399 e. The van der Waals surface area contributed by atoms with Gasteiger partial charge in [-0.05, 0) is 65.2 Å². The van der Waals surface area contributed by atoms with E-state index in [0.717, 1.165) is 39.5 Å². The number of nitrogens with one attached hydrogen (secondary N) is 1. The zero-order chi connectivity index (χ0) is 24.8. The van der Waals surface area contributed by atoms with Gasteiger partial charge in [-0.1, -0.05) is 22.9 Å². The molecule has 0 bridgehead atoms. The molecule has 0 spiro atoms. The molecule has 0 radical (unpaired) electrons. The summed E-state index contributed by atoms with van der Waals surface area (Å²) in [5.74, 6) is 0.682. The molecule has 0 aliphatic carbocycles. The fourth-order valence-corrected chi connectivity index (χ4v) is 5.47. The third-order valence-corrected chi connectivity index (χ3v) is 7.19. The lowest BCUT2D eigenvalue weighted by atomic mass is 10.0. The van der Waals surface area contributed by atoms with E-state index in [0.29, 0.717) is 22.3 Å². The molecule has 6 rings (SSSR count). The molecule has 1 atom stereocenters. The van der Waals surface area contributed by atoms with Gasteiger partial charge in [0.1, 0.15) is 12.2 Å². The number of pyridine rings is 1. The number of benzene rings is 1. The Labute approximate surface area is 212 Å². The number of nitrogens with two attached hydrogens (primary N) is 1. The number of thiophene rings is 1. The lowest BCUT2D eigenvalue weighted by Crippen LogP contribution is -2.23. The normalized spacial score (nSPS) is 14.6. The Kier molecular flexibility index (Phi) is 5.38. The molecule has 5 aromatic rings. The summed E-state index contributed by atoms with van der Waals surface area (Å²) >= 11 is 7.55. The number of aromatic amines is 1. The zero-order valence-corrected chi connectivity index (χ0v) is 20.0. The van der Waals surface area contributed by atoms with Gasteiger partial charge >= 0.3 is 6.09 Å². The lowest BCUT2D eigenvalue weighted by Gasteiger charge is -2.15. The minimum atomic E-state index is -0.863. The highest BCUT2D eigenvalue weighted by atomic mass is 35.5. The van der Waals surface area contributed by atoms with E-state index in [9.17, 15) is 9.59 Å². The third-order valence-electron chi connectivity index (χ3n) is 5.96. The number of H-pyrrole nitrogens is 1. The number of fused-ring (bicyclic) bond motifs is 1. The number of aryl methyl sites for hydroxylation is 1. The maximum atomic E-state index is 13.3. The largest absolute Gasteiger partial charge is 0.410 e. The molecular formula is C23H17ClN8O3S. The van der Waals surface area contributed by atoms with E-state index in [1.165, 1.54) is 22.3 Å². The van der Waals surface area contributed by atoms with Crippen LogP contribution < -0.4 is 16.0 Å². The van der Waals surface area contributed by atoms with Crippen molar-refractivity contribution in [3.05, 3.63) is 81.9 Å². The topological polar surface area (TPSA) is 147 Å². The maximum absolute atomic E-state index is 13.3. The van der Waals surface area contributed by atoms with Crippen LogP contribution in [0.5, 0.6) is 5.06 Å². The Morgan fingerprint density at radius 1 is 1.22 bits per heavy atom. The molecule has 13 heteroatoms. The first-order valence-corrected chi connectivity index (χ1v) is 12.1. The monoisotopic (exact) mass is 520 g/mol. The molecule has 0 saturated heterocycles. The first-order chi connectivity index (χ1) is 17.5. The van der Waals surface area contributed by atoms with Crippen LogP contribution in [-0.4, -0.2) is 40.8 Å². The summed E-state index contributed by atoms with van der Waals surface area (Å²) in [7, 11) is 0. The standard InChI is InChI=1S/C23H17ClN8O3S/c24-13-1-3-17(31-11-27-29-30-31)15(9-13)12-7-14-2-4-18(32(14)20(33)8-12)22-26-10-16(28-22)19-5-6-21(36-19)35-23(25)34/h1,3,5-11,18H,2,4H2,(H2,25,34)(H,26,28). The highest BCUT2D eigenvalue weighted by Crippen LogP contribution is 2.36. The van der Waals surface area contributed by atoms with E-state index in [2.05, 4.69) is 25.5 Å². The van der Waals surface area contributed by atoms with Gasteiger partial charge in [0.2, 0.25) is 0 Å². The molecule has 0 saturated carbocycles. The van der Waals surface area contributed by atoms with Crippen molar-refractivity contribution in [2.45, 2.75) is 18.9 Å². The van der Waals surface area contributed by atoms with Gasteiger partial charge in [0, 0.05) is 22.3 Å². The van der Waals surface area contributed by atoms with Crippen LogP contribution in [0.3, 0.4) is 0 Å². The van der Waals surface area contributed by atoms with Crippen LogP contribution >= 0.6 is 22.9 Å². The second kappa shape index (κ2) is 8.73. The Morgan fingerprint density at radius 2 is 2.11 bits per heavy atom. The number of halogens is 1. The molecule has 0 fully saturated rings. The average Bonchev–Trinajstić information content (AvgIpc) is 3.64. The van der Waals surface area contributed by atoms with Crippen LogP contribution in [0.15, 0.2) is 59.8 Å². The van der Waals surface area contributed by atoms with Crippen molar-refractivity contribution >= 4 is 29.0 Å². The molecule has 4 aromatic heterocycles. The first-order valence-electron chi connectivity index (χ1n) is 10.9. The van der Waals surface area contributed by atoms with E-state index in [1.807, 2.05) is 18.2 Å². The number of carbonyl (C=O) groups excluding carboxylic acids is 1. The zero-order valence-electron chi connectivity index (χ0n) is 18.5. The van der Waals surface area contributed by atoms with Gasteiger partial charge in [-0.15, -0.1) is 5.10 Å². The maximum Gasteiger partial charge on any atom is 0.410 e. The quantitative estimate of drug-likeness (QED) is 0.360. The molecule has 5 heterocycles. The fourth-order valence-electron chi connectivity index (χ4n) is 4.47. The average molecular weight is 521 g/mol. The second-order valence-electron chi connectivity index (χ2n) is 8.14. The summed E-state index contributed by atoms with van der Waals surface area (Å²) in [6, 6.07) is 12.2. The van der Waals surface area contributed by atoms with E-state index in [4.69, 9.17) is 22.1 Å². The SMILES string of the molecule is NC(=O)Oc1ccc(-c2cnc(C3CCc4cc(-c5cc(Cl)ccc5-n5cnnn5)cc(=O)n43)[nH]2)s1. The molecular weight excluding hydrogens is 504 g/mol. The number of primary amides is 1. The van der Waals surface area contributed by atoms with Gasteiger partial charge in [-0.3, -0.25) is 4.79 Å². The van der Waals surface area contributed by atoms with Gasteiger partial charge in [-0.2, -0.15) is 4.68 Å². The molecule has 3 N–H and O–H groups in total. The molecule has 180 valence electrons. The van der Waals surface area contributed by atoms with Crippen molar-refractivity contribution in [1.29, 1.82) is 0 Å². The summed E-state index contributed by atoms with van der Waals surface area (Å²) < 4.78 is 8.23. The van der Waals surface area contributed by atoms with E-state index in [-0.39, 0.29) is 11.6 Å². The predicted octanol–water partition coefficient (Wildman–Crippen LogP) is 3.59. The number of rotatable bonds is 5. The van der Waals surface area contributed by atoms with E-state index >= 15 is 0 Å². The van der Waals surface area contributed by atoms with Gasteiger partial charge in [0.05, 0.1) is 28.5 Å². The molecule has 36 heavy (non-hydrogen) atoms. The van der Waals surface area contributed by atoms with Crippen LogP contribution in [0, 0.1) is 0 Å². The summed E-state index contributed by atoms with van der Waals surface area (Å²) in [5.41, 5.74) is 8.81. The molecule has 11 nitrogen and oxygen atoms in total. The van der Waals surface area contributed by atoms with Gasteiger partial charge < -0.3 is 20.0 Å². The van der Waals surface area contributed by atoms with Gasteiger partial charge in [-0.25, -0.2) is 9.78 Å². The number of aromatic nitrogens is 7. The summed E-state index contributed by atoms with van der Waals surface area (Å²) in [6.45, 7) is 0. The number of amides is 1. The highest BCUT2D eigenvalue weighted by Gasteiger charge is 2.28. The minimum Gasteiger partial charge on any atom is -0.399 e. The van der Waals surface area contributed by atoms with Crippen LogP contribution in [0.4, 0.5) is 4.79 Å². The number of ether oxygens (including phenoxy) is 1. The van der Waals surface area contributed by atoms with Gasteiger partial charge in [0.25, 0.3) is 5.56 Å². The third kappa shape index (κ3) is 3.95. The van der Waals surface area contributed by atoms with Crippen LogP contribution in [0.2, 0.25) is 5.02 Å². The van der Waals surface area contributed by atoms with Crippen molar-refractivity contribution in [1.82, 2.24) is 34.7 Å². The van der Waals surface area contributed by atoms with Crippen molar-refractivity contribution in [3.63, 3.8) is 0 Å². The number of hydrogen-bond donors (Lipinski definition) is 2. The van der Waals surface area contributed by atoms with Crippen LogP contribution in [0.1, 0.15) is 24.0 Å². The van der Waals surface area contributed by atoms with E-state index < -0.39 is 6.09 Å². The minimum absolute atomic E-state index is 0.140. The summed E-state index contributed by atoms with van der Waals surface area (Å²) in [6.07, 6.45) is 3.77. The van der Waals surface area contributed by atoms with Crippen molar-refractivity contribution in [2.24, 2.45) is 5.73 Å². The molecule has 1 aromatic carbocycles. The fraction of sp³-hybridized carbons (Fsp3) is 0.130.